The van der Waals surface area contributed by atoms with Crippen molar-refractivity contribution in [3.63, 3.8) is 0 Å². The lowest BCUT2D eigenvalue weighted by atomic mass is 10.2. The number of carbonyl (C=O) groups excluding carboxylic acids is 2. The van der Waals surface area contributed by atoms with Crippen molar-refractivity contribution in [3.8, 4) is 0 Å². The molecule has 0 radical (unpaired) electrons. The van der Waals surface area contributed by atoms with Gasteiger partial charge in [0.25, 0.3) is 0 Å². The summed E-state index contributed by atoms with van der Waals surface area (Å²) in [4.78, 5) is 22.2. The molecular formula is C13H14O4. The molecule has 0 aromatic heterocycles. The Labute approximate surface area is 99.8 Å². The van der Waals surface area contributed by atoms with E-state index in [0.717, 1.165) is 5.56 Å². The fourth-order valence-corrected chi connectivity index (χ4v) is 1.03. The van der Waals surface area contributed by atoms with E-state index >= 15 is 0 Å². The van der Waals surface area contributed by atoms with Gasteiger partial charge in [-0.1, -0.05) is 36.9 Å². The first-order valence-corrected chi connectivity index (χ1v) is 5.12. The van der Waals surface area contributed by atoms with Crippen molar-refractivity contribution in [1.29, 1.82) is 0 Å². The Morgan fingerprint density at radius 3 is 2.41 bits per heavy atom. The van der Waals surface area contributed by atoms with Crippen molar-refractivity contribution in [1.82, 2.24) is 0 Å². The van der Waals surface area contributed by atoms with E-state index < -0.39 is 18.5 Å². The third-order valence-electron chi connectivity index (χ3n) is 1.91. The molecule has 1 aromatic carbocycles. The van der Waals surface area contributed by atoms with Crippen LogP contribution in [0.3, 0.4) is 0 Å². The van der Waals surface area contributed by atoms with Gasteiger partial charge in [0.05, 0.1) is 0 Å². The van der Waals surface area contributed by atoms with E-state index in [1.54, 1.807) is 0 Å². The van der Waals surface area contributed by atoms with Crippen molar-refractivity contribution < 1.29 is 19.1 Å². The Morgan fingerprint density at radius 1 is 1.18 bits per heavy atom. The predicted octanol–water partition coefficient (Wildman–Crippen LogP) is 1.85. The lowest BCUT2D eigenvalue weighted by Crippen LogP contribution is -2.16. The molecule has 17 heavy (non-hydrogen) atoms. The van der Waals surface area contributed by atoms with Gasteiger partial charge in [-0.2, -0.15) is 0 Å². The van der Waals surface area contributed by atoms with Crippen molar-refractivity contribution in [3.05, 3.63) is 48.0 Å². The van der Waals surface area contributed by atoms with Crippen molar-refractivity contribution >= 4 is 11.9 Å². The third kappa shape index (κ3) is 4.97. The number of rotatable bonds is 5. The molecule has 0 atom stereocenters. The van der Waals surface area contributed by atoms with Gasteiger partial charge in [0.2, 0.25) is 0 Å². The molecule has 0 aliphatic heterocycles. The minimum Gasteiger partial charge on any atom is -0.458 e. The van der Waals surface area contributed by atoms with Gasteiger partial charge < -0.3 is 9.47 Å². The molecule has 1 rings (SSSR count). The van der Waals surface area contributed by atoms with E-state index in [4.69, 9.17) is 4.74 Å². The van der Waals surface area contributed by atoms with Crippen LogP contribution in [0.1, 0.15) is 12.5 Å². The van der Waals surface area contributed by atoms with Crippen LogP contribution < -0.4 is 0 Å². The highest BCUT2D eigenvalue weighted by Gasteiger charge is 2.08. The summed E-state index contributed by atoms with van der Waals surface area (Å²) in [7, 11) is 0. The molecular weight excluding hydrogens is 220 g/mol. The quantitative estimate of drug-likeness (QED) is 0.576. The highest BCUT2D eigenvalue weighted by Crippen LogP contribution is 2.01. The fraction of sp³-hybridized carbons (Fsp3) is 0.231. The van der Waals surface area contributed by atoms with Crippen LogP contribution in [0, 0.1) is 0 Å². The summed E-state index contributed by atoms with van der Waals surface area (Å²) in [5.74, 6) is -1.18. The van der Waals surface area contributed by atoms with Crippen molar-refractivity contribution in [2.24, 2.45) is 0 Å². The number of ether oxygens (including phenoxy) is 2. The summed E-state index contributed by atoms with van der Waals surface area (Å²) < 4.78 is 9.55. The van der Waals surface area contributed by atoms with Crippen molar-refractivity contribution in [2.75, 3.05) is 6.61 Å². The van der Waals surface area contributed by atoms with Gasteiger partial charge in [-0.3, -0.25) is 0 Å². The van der Waals surface area contributed by atoms with Gasteiger partial charge in [0.15, 0.2) is 6.61 Å². The Balaban J connectivity index is 2.27. The van der Waals surface area contributed by atoms with Gasteiger partial charge in [-0.25, -0.2) is 9.59 Å². The number of carbonyl (C=O) groups is 2. The molecule has 0 bridgehead atoms. The Hall–Kier alpha value is -2.10. The maximum Gasteiger partial charge on any atom is 0.344 e. The monoisotopic (exact) mass is 234 g/mol. The first kappa shape index (κ1) is 13.0. The first-order valence-electron chi connectivity index (χ1n) is 5.12. The van der Waals surface area contributed by atoms with E-state index in [9.17, 15) is 9.59 Å². The molecule has 1 aromatic rings. The van der Waals surface area contributed by atoms with Crippen LogP contribution in [0.4, 0.5) is 0 Å². The average Bonchev–Trinajstić information content (AvgIpc) is 2.34. The number of hydrogen-bond acceptors (Lipinski definition) is 4. The van der Waals surface area contributed by atoms with Gasteiger partial charge in [0.1, 0.15) is 6.61 Å². The maximum absolute atomic E-state index is 11.2. The zero-order valence-corrected chi connectivity index (χ0v) is 9.64. The topological polar surface area (TPSA) is 52.6 Å². The summed E-state index contributed by atoms with van der Waals surface area (Å²) >= 11 is 0. The Kier molecular flexibility index (Phi) is 4.94. The zero-order chi connectivity index (χ0) is 12.7. The smallest absolute Gasteiger partial charge is 0.344 e. The largest absolute Gasteiger partial charge is 0.458 e. The van der Waals surface area contributed by atoms with Gasteiger partial charge in [-0.15, -0.1) is 0 Å². The lowest BCUT2D eigenvalue weighted by Gasteiger charge is -2.05. The Morgan fingerprint density at radius 2 is 1.82 bits per heavy atom. The first-order chi connectivity index (χ1) is 8.09. The van der Waals surface area contributed by atoms with E-state index in [-0.39, 0.29) is 12.2 Å². The molecule has 0 saturated heterocycles. The van der Waals surface area contributed by atoms with Crippen LogP contribution >= 0.6 is 0 Å². The van der Waals surface area contributed by atoms with Crippen LogP contribution in [0.2, 0.25) is 0 Å². The SMILES string of the molecule is C=C(C)C(=O)OCC(=O)OCc1ccccc1. The molecule has 4 nitrogen and oxygen atoms in total. The average molecular weight is 234 g/mol. The zero-order valence-electron chi connectivity index (χ0n) is 9.64. The predicted molar refractivity (Wildman–Crippen MR) is 62.0 cm³/mol. The van der Waals surface area contributed by atoms with Crippen LogP contribution in [0.25, 0.3) is 0 Å². The number of benzene rings is 1. The normalized spacial score (nSPS) is 9.47. The summed E-state index contributed by atoms with van der Waals surface area (Å²) in [6.07, 6.45) is 0. The Bertz CT molecular complexity index is 409. The standard InChI is InChI=1S/C13H14O4/c1-10(2)13(15)17-9-12(14)16-8-11-6-4-3-5-7-11/h3-7H,1,8-9H2,2H3. The minimum atomic E-state index is -0.596. The highest BCUT2D eigenvalue weighted by molar-refractivity contribution is 5.88. The summed E-state index contributed by atoms with van der Waals surface area (Å²) in [5, 5.41) is 0. The molecule has 0 saturated carbocycles. The third-order valence-corrected chi connectivity index (χ3v) is 1.91. The lowest BCUT2D eigenvalue weighted by molar-refractivity contribution is -0.157. The van der Waals surface area contributed by atoms with Crippen LogP contribution in [-0.2, 0) is 25.7 Å². The number of esters is 2. The molecule has 0 N–H and O–H groups in total. The summed E-state index contributed by atoms with van der Waals surface area (Å²) in [5.41, 5.74) is 1.13. The van der Waals surface area contributed by atoms with Crippen LogP contribution in [-0.4, -0.2) is 18.5 Å². The second-order valence-corrected chi connectivity index (χ2v) is 3.50. The van der Waals surface area contributed by atoms with Gasteiger partial charge in [0, 0.05) is 5.57 Å². The van der Waals surface area contributed by atoms with E-state index in [2.05, 4.69) is 11.3 Å². The minimum absolute atomic E-state index is 0.171. The van der Waals surface area contributed by atoms with Gasteiger partial charge >= 0.3 is 11.9 Å². The van der Waals surface area contributed by atoms with Gasteiger partial charge in [-0.05, 0) is 12.5 Å². The molecule has 0 heterocycles. The molecule has 0 amide bonds. The van der Waals surface area contributed by atoms with E-state index in [1.807, 2.05) is 30.3 Å². The maximum atomic E-state index is 11.2. The summed E-state index contributed by atoms with van der Waals surface area (Å²) in [6, 6.07) is 9.26. The molecule has 0 aliphatic rings. The molecule has 0 aliphatic carbocycles. The highest BCUT2D eigenvalue weighted by atomic mass is 16.6. The second kappa shape index (κ2) is 6.48. The molecule has 0 spiro atoms. The van der Waals surface area contributed by atoms with Crippen molar-refractivity contribution in [2.45, 2.75) is 13.5 Å². The molecule has 4 heteroatoms. The molecule has 90 valence electrons. The van der Waals surface area contributed by atoms with E-state index in [1.165, 1.54) is 6.92 Å². The van der Waals surface area contributed by atoms with E-state index in [0.29, 0.717) is 0 Å². The van der Waals surface area contributed by atoms with Crippen LogP contribution in [0.15, 0.2) is 42.5 Å². The fourth-order valence-electron chi connectivity index (χ4n) is 1.03. The van der Waals surface area contributed by atoms with Crippen LogP contribution in [0.5, 0.6) is 0 Å². The summed E-state index contributed by atoms with van der Waals surface area (Å²) in [6.45, 7) is 4.69. The second-order valence-electron chi connectivity index (χ2n) is 3.50. The molecule has 0 unspecified atom stereocenters. The molecule has 0 fully saturated rings. The number of hydrogen-bond donors (Lipinski definition) is 0.